The van der Waals surface area contributed by atoms with Crippen LogP contribution in [-0.2, 0) is 6.54 Å². The molecule has 2 N–H and O–H groups in total. The average molecular weight is 286 g/mol. The van der Waals surface area contributed by atoms with Crippen molar-refractivity contribution in [3.63, 3.8) is 0 Å². The molecular weight excluding hydrogens is 276 g/mol. The van der Waals surface area contributed by atoms with Gasteiger partial charge in [-0.15, -0.1) is 0 Å². The maximum atomic E-state index is 11.8. The van der Waals surface area contributed by atoms with Crippen LogP contribution >= 0.6 is 0 Å². The number of benzene rings is 1. The second-order valence-electron chi connectivity index (χ2n) is 4.27. The molecule has 106 valence electrons. The summed E-state index contributed by atoms with van der Waals surface area (Å²) in [6, 6.07) is 8.88. The standard InChI is InChI=1S/C12H10N6O3/c19-11-9-10(14-7-13-9)15-12(16-11)17(18(20)21)6-8-4-2-1-3-5-8/h1-5,7H,6H2,(H2,13,14,15,16,19). The third-order valence-electron chi connectivity index (χ3n) is 2.90. The van der Waals surface area contributed by atoms with Crippen LogP contribution in [-0.4, -0.2) is 25.0 Å². The molecule has 2 heterocycles. The summed E-state index contributed by atoms with van der Waals surface area (Å²) in [5.74, 6) is -0.159. The molecule has 0 saturated carbocycles. The number of aromatic nitrogens is 4. The van der Waals surface area contributed by atoms with E-state index >= 15 is 0 Å². The van der Waals surface area contributed by atoms with Gasteiger partial charge in [-0.1, -0.05) is 35.3 Å². The summed E-state index contributed by atoms with van der Waals surface area (Å²) in [6.07, 6.45) is 1.31. The number of hydrogen-bond donors (Lipinski definition) is 2. The van der Waals surface area contributed by atoms with E-state index in [2.05, 4.69) is 19.9 Å². The van der Waals surface area contributed by atoms with Crippen LogP contribution in [0.3, 0.4) is 0 Å². The topological polar surface area (TPSA) is 121 Å². The number of H-pyrrole nitrogens is 2. The van der Waals surface area contributed by atoms with Gasteiger partial charge in [0.2, 0.25) is 0 Å². The van der Waals surface area contributed by atoms with Crippen LogP contribution in [0.1, 0.15) is 5.56 Å². The molecule has 0 fully saturated rings. The van der Waals surface area contributed by atoms with E-state index in [1.54, 1.807) is 24.3 Å². The number of nitrogens with zero attached hydrogens (tertiary/aromatic N) is 4. The SMILES string of the molecule is O=c1[nH]c(N(Cc2ccccc2)[N+](=O)[O-])nc2nc[nH]c12. The highest BCUT2D eigenvalue weighted by Gasteiger charge is 2.22. The first kappa shape index (κ1) is 12.8. The Hall–Kier alpha value is -3.23. The van der Waals surface area contributed by atoms with Gasteiger partial charge in [0.15, 0.2) is 16.2 Å². The van der Waals surface area contributed by atoms with Crippen LogP contribution in [0, 0.1) is 10.1 Å². The molecule has 0 aliphatic rings. The van der Waals surface area contributed by atoms with Crippen LogP contribution in [0.25, 0.3) is 11.2 Å². The van der Waals surface area contributed by atoms with Gasteiger partial charge in [0.25, 0.3) is 11.5 Å². The molecule has 3 aromatic rings. The zero-order chi connectivity index (χ0) is 14.8. The van der Waals surface area contributed by atoms with Crippen molar-refractivity contribution in [1.82, 2.24) is 19.9 Å². The van der Waals surface area contributed by atoms with Crippen molar-refractivity contribution in [3.05, 3.63) is 62.7 Å². The molecule has 1 aromatic carbocycles. The van der Waals surface area contributed by atoms with E-state index in [1.807, 2.05) is 6.07 Å². The van der Waals surface area contributed by atoms with Crippen molar-refractivity contribution in [1.29, 1.82) is 0 Å². The zero-order valence-corrected chi connectivity index (χ0v) is 10.7. The van der Waals surface area contributed by atoms with Crippen LogP contribution in [0.5, 0.6) is 0 Å². The van der Waals surface area contributed by atoms with Gasteiger partial charge < -0.3 is 4.98 Å². The first-order valence-corrected chi connectivity index (χ1v) is 6.04. The van der Waals surface area contributed by atoms with Gasteiger partial charge in [0.05, 0.1) is 6.33 Å². The lowest BCUT2D eigenvalue weighted by atomic mass is 10.2. The molecule has 0 atom stereocenters. The Bertz CT molecular complexity index is 841. The van der Waals surface area contributed by atoms with Gasteiger partial charge in [0.1, 0.15) is 6.54 Å². The number of hydrazine groups is 1. The fourth-order valence-electron chi connectivity index (χ4n) is 1.92. The normalized spacial score (nSPS) is 10.7. The average Bonchev–Trinajstić information content (AvgIpc) is 2.94. The largest absolute Gasteiger partial charge is 0.339 e. The molecule has 0 amide bonds. The molecule has 21 heavy (non-hydrogen) atoms. The molecule has 0 bridgehead atoms. The summed E-state index contributed by atoms with van der Waals surface area (Å²) in [4.78, 5) is 35.9. The summed E-state index contributed by atoms with van der Waals surface area (Å²) in [6.45, 7) is -0.0211. The predicted octanol–water partition coefficient (Wildman–Crippen LogP) is 0.845. The lowest BCUT2D eigenvalue weighted by Crippen LogP contribution is -2.32. The second kappa shape index (κ2) is 5.04. The van der Waals surface area contributed by atoms with E-state index < -0.39 is 10.6 Å². The zero-order valence-electron chi connectivity index (χ0n) is 10.7. The number of hydrogen-bond acceptors (Lipinski definition) is 5. The first-order valence-electron chi connectivity index (χ1n) is 6.04. The van der Waals surface area contributed by atoms with Gasteiger partial charge in [-0.2, -0.15) is 4.98 Å². The van der Waals surface area contributed by atoms with Crippen molar-refractivity contribution in [2.45, 2.75) is 6.54 Å². The van der Waals surface area contributed by atoms with Gasteiger partial charge in [-0.25, -0.2) is 15.1 Å². The van der Waals surface area contributed by atoms with E-state index in [-0.39, 0.29) is 23.7 Å². The van der Waals surface area contributed by atoms with Crippen LogP contribution < -0.4 is 10.6 Å². The lowest BCUT2D eigenvalue weighted by Gasteiger charge is -2.12. The van der Waals surface area contributed by atoms with Crippen molar-refractivity contribution in [2.24, 2.45) is 0 Å². The Labute approximate surface area is 117 Å². The quantitative estimate of drug-likeness (QED) is 0.541. The molecule has 0 radical (unpaired) electrons. The van der Waals surface area contributed by atoms with Crippen molar-refractivity contribution in [2.75, 3.05) is 5.01 Å². The molecule has 2 aromatic heterocycles. The Kier molecular flexibility index (Phi) is 3.07. The maximum absolute atomic E-state index is 11.8. The Morgan fingerprint density at radius 1 is 1.29 bits per heavy atom. The number of nitro groups is 1. The third-order valence-corrected chi connectivity index (χ3v) is 2.90. The van der Waals surface area contributed by atoms with Gasteiger partial charge in [0, 0.05) is 0 Å². The van der Waals surface area contributed by atoms with Crippen LogP contribution in [0.15, 0.2) is 41.5 Å². The number of aromatic amines is 2. The second-order valence-corrected chi connectivity index (χ2v) is 4.27. The fraction of sp³-hybridized carbons (Fsp3) is 0.0833. The highest BCUT2D eigenvalue weighted by molar-refractivity contribution is 5.69. The summed E-state index contributed by atoms with van der Waals surface area (Å²) >= 11 is 0. The number of rotatable bonds is 4. The number of fused-ring (bicyclic) bond motifs is 1. The molecule has 0 saturated heterocycles. The van der Waals surface area contributed by atoms with Crippen LogP contribution in [0.4, 0.5) is 5.95 Å². The summed E-state index contributed by atoms with van der Waals surface area (Å²) in [5, 5.41) is 11.4. The number of anilines is 1. The molecule has 9 nitrogen and oxygen atoms in total. The van der Waals surface area contributed by atoms with Gasteiger partial charge in [-0.05, 0) is 5.56 Å². The molecule has 0 spiro atoms. The monoisotopic (exact) mass is 286 g/mol. The highest BCUT2D eigenvalue weighted by atomic mass is 16.7. The molecule has 0 aliphatic heterocycles. The molecule has 3 rings (SSSR count). The summed E-state index contributed by atoms with van der Waals surface area (Å²) in [7, 11) is 0. The van der Waals surface area contributed by atoms with Crippen molar-refractivity contribution < 1.29 is 5.03 Å². The van der Waals surface area contributed by atoms with E-state index in [0.717, 1.165) is 10.6 Å². The van der Waals surface area contributed by atoms with Gasteiger partial charge in [-0.3, -0.25) is 9.78 Å². The number of imidazole rings is 1. The molecule has 9 heteroatoms. The van der Waals surface area contributed by atoms with E-state index in [1.165, 1.54) is 6.33 Å². The molecule has 0 unspecified atom stereocenters. The van der Waals surface area contributed by atoms with Crippen LogP contribution in [0.2, 0.25) is 0 Å². The smallest absolute Gasteiger partial charge is 0.278 e. The third kappa shape index (κ3) is 2.43. The minimum atomic E-state index is -0.621. The fourth-order valence-corrected chi connectivity index (χ4v) is 1.92. The maximum Gasteiger partial charge on any atom is 0.278 e. The molecule has 0 aliphatic carbocycles. The Morgan fingerprint density at radius 3 is 2.76 bits per heavy atom. The molecular formula is C12H10N6O3. The summed E-state index contributed by atoms with van der Waals surface area (Å²) in [5.41, 5.74) is 0.529. The minimum Gasteiger partial charge on any atom is -0.339 e. The van der Waals surface area contributed by atoms with E-state index in [0.29, 0.717) is 0 Å². The number of nitrogens with one attached hydrogen (secondary N) is 2. The van der Waals surface area contributed by atoms with Crippen molar-refractivity contribution in [3.8, 4) is 0 Å². The van der Waals surface area contributed by atoms with E-state index in [9.17, 15) is 14.9 Å². The Balaban J connectivity index is 2.03. The highest BCUT2D eigenvalue weighted by Crippen LogP contribution is 2.12. The summed E-state index contributed by atoms with van der Waals surface area (Å²) < 4.78 is 0. The van der Waals surface area contributed by atoms with E-state index in [4.69, 9.17) is 0 Å². The van der Waals surface area contributed by atoms with Crippen molar-refractivity contribution >= 4 is 17.1 Å². The first-order chi connectivity index (χ1) is 10.1. The Morgan fingerprint density at radius 2 is 2.05 bits per heavy atom. The van der Waals surface area contributed by atoms with Gasteiger partial charge >= 0.3 is 0 Å². The minimum absolute atomic E-state index is 0.0211. The predicted molar refractivity (Wildman–Crippen MR) is 74.1 cm³/mol. The lowest BCUT2D eigenvalue weighted by molar-refractivity contribution is -0.497.